The summed E-state index contributed by atoms with van der Waals surface area (Å²) >= 11 is 0. The van der Waals surface area contributed by atoms with Gasteiger partial charge in [0.15, 0.2) is 5.79 Å². The van der Waals surface area contributed by atoms with E-state index >= 15 is 0 Å². The van der Waals surface area contributed by atoms with Crippen molar-refractivity contribution in [2.75, 3.05) is 25.6 Å². The van der Waals surface area contributed by atoms with Crippen molar-refractivity contribution in [3.63, 3.8) is 0 Å². The minimum absolute atomic E-state index is 0.152. The number of ether oxygens (including phenoxy) is 3. The Morgan fingerprint density at radius 3 is 2.53 bits per heavy atom. The molecular weight excluding hydrogens is 218 g/mol. The third-order valence-electron chi connectivity index (χ3n) is 2.73. The van der Waals surface area contributed by atoms with E-state index in [0.29, 0.717) is 13.2 Å². The Bertz CT molecular complexity index is 369. The molecule has 94 valence electrons. The summed E-state index contributed by atoms with van der Waals surface area (Å²) in [5, 5.41) is 3.36. The third kappa shape index (κ3) is 3.11. The van der Waals surface area contributed by atoms with Gasteiger partial charge in [-0.15, -0.1) is 0 Å². The average Bonchev–Trinajstić information content (AvgIpc) is 2.32. The zero-order valence-corrected chi connectivity index (χ0v) is 10.5. The molecule has 1 heterocycles. The number of nitrogens with one attached hydrogen (secondary N) is 1. The maximum absolute atomic E-state index is 5.60. The molecule has 1 saturated heterocycles. The molecule has 2 rings (SSSR count). The number of benzene rings is 1. The first-order valence-electron chi connectivity index (χ1n) is 5.78. The molecule has 0 aromatic heterocycles. The lowest BCUT2D eigenvalue weighted by Gasteiger charge is -2.35. The van der Waals surface area contributed by atoms with Gasteiger partial charge in [0.1, 0.15) is 5.75 Å². The molecule has 1 N–H and O–H groups in total. The highest BCUT2D eigenvalue weighted by atomic mass is 16.7. The monoisotopic (exact) mass is 237 g/mol. The van der Waals surface area contributed by atoms with E-state index in [4.69, 9.17) is 14.2 Å². The fraction of sp³-hybridized carbons (Fsp3) is 0.538. The fourth-order valence-electron chi connectivity index (χ4n) is 1.76. The maximum atomic E-state index is 5.60. The molecule has 4 nitrogen and oxygen atoms in total. The molecule has 0 bridgehead atoms. The Hall–Kier alpha value is -1.26. The summed E-state index contributed by atoms with van der Waals surface area (Å²) in [6.07, 6.45) is 0. The maximum Gasteiger partial charge on any atom is 0.162 e. The van der Waals surface area contributed by atoms with E-state index in [1.807, 2.05) is 38.1 Å². The second-order valence-corrected chi connectivity index (χ2v) is 4.56. The summed E-state index contributed by atoms with van der Waals surface area (Å²) in [4.78, 5) is 0. The molecule has 1 aliphatic rings. The first-order valence-corrected chi connectivity index (χ1v) is 5.78. The Labute approximate surface area is 102 Å². The fourth-order valence-corrected chi connectivity index (χ4v) is 1.76. The van der Waals surface area contributed by atoms with Gasteiger partial charge < -0.3 is 19.5 Å². The van der Waals surface area contributed by atoms with E-state index < -0.39 is 5.79 Å². The van der Waals surface area contributed by atoms with Gasteiger partial charge >= 0.3 is 0 Å². The second kappa shape index (κ2) is 4.94. The zero-order valence-electron chi connectivity index (χ0n) is 10.5. The minimum Gasteiger partial charge on any atom is -0.495 e. The Kier molecular flexibility index (Phi) is 3.54. The van der Waals surface area contributed by atoms with Crippen LogP contribution in [0.15, 0.2) is 24.3 Å². The van der Waals surface area contributed by atoms with Crippen molar-refractivity contribution in [1.82, 2.24) is 0 Å². The van der Waals surface area contributed by atoms with Crippen LogP contribution in [-0.4, -0.2) is 32.2 Å². The molecule has 0 unspecified atom stereocenters. The summed E-state index contributed by atoms with van der Waals surface area (Å²) in [5.41, 5.74) is 0.965. The van der Waals surface area contributed by atoms with E-state index in [2.05, 4.69) is 5.32 Å². The summed E-state index contributed by atoms with van der Waals surface area (Å²) in [6.45, 7) is 5.11. The van der Waals surface area contributed by atoms with E-state index in [1.165, 1.54) is 0 Å². The quantitative estimate of drug-likeness (QED) is 0.875. The van der Waals surface area contributed by atoms with Crippen molar-refractivity contribution in [3.8, 4) is 5.75 Å². The number of para-hydroxylation sites is 2. The lowest BCUT2D eigenvalue weighted by atomic mass is 10.2. The van der Waals surface area contributed by atoms with Crippen molar-refractivity contribution in [2.45, 2.75) is 25.7 Å². The normalized spacial score (nSPS) is 19.9. The summed E-state index contributed by atoms with van der Waals surface area (Å²) in [5.74, 6) is 0.358. The highest BCUT2D eigenvalue weighted by Crippen LogP contribution is 2.26. The Morgan fingerprint density at radius 2 is 1.88 bits per heavy atom. The van der Waals surface area contributed by atoms with Crippen molar-refractivity contribution in [1.29, 1.82) is 0 Å². The van der Waals surface area contributed by atoms with Crippen LogP contribution >= 0.6 is 0 Å². The molecule has 1 aromatic carbocycles. The van der Waals surface area contributed by atoms with Crippen LogP contribution in [0, 0.1) is 0 Å². The number of rotatable bonds is 3. The topological polar surface area (TPSA) is 39.7 Å². The van der Waals surface area contributed by atoms with Crippen molar-refractivity contribution >= 4 is 5.69 Å². The molecule has 1 fully saturated rings. The Balaban J connectivity index is 1.98. The number of hydrogen-bond donors (Lipinski definition) is 1. The van der Waals surface area contributed by atoms with E-state index in [9.17, 15) is 0 Å². The van der Waals surface area contributed by atoms with Gasteiger partial charge in [-0.2, -0.15) is 0 Å². The van der Waals surface area contributed by atoms with Crippen molar-refractivity contribution in [2.24, 2.45) is 0 Å². The number of hydrogen-bond acceptors (Lipinski definition) is 4. The SMILES string of the molecule is COc1ccccc1NC1COC(C)(C)OC1. The Morgan fingerprint density at radius 1 is 1.24 bits per heavy atom. The van der Waals surface area contributed by atoms with E-state index in [1.54, 1.807) is 7.11 Å². The van der Waals surface area contributed by atoms with Gasteiger partial charge in [0.25, 0.3) is 0 Å². The average molecular weight is 237 g/mol. The van der Waals surface area contributed by atoms with Crippen LogP contribution in [0.3, 0.4) is 0 Å². The summed E-state index contributed by atoms with van der Waals surface area (Å²) < 4.78 is 16.5. The summed E-state index contributed by atoms with van der Waals surface area (Å²) in [7, 11) is 1.66. The molecule has 0 spiro atoms. The van der Waals surface area contributed by atoms with Crippen LogP contribution in [0.1, 0.15) is 13.8 Å². The molecule has 17 heavy (non-hydrogen) atoms. The van der Waals surface area contributed by atoms with Crippen LogP contribution < -0.4 is 10.1 Å². The van der Waals surface area contributed by atoms with Gasteiger partial charge in [0.05, 0.1) is 32.1 Å². The summed E-state index contributed by atoms with van der Waals surface area (Å²) in [6, 6.07) is 7.98. The largest absolute Gasteiger partial charge is 0.495 e. The van der Waals surface area contributed by atoms with Gasteiger partial charge in [0, 0.05) is 0 Å². The van der Waals surface area contributed by atoms with E-state index in [0.717, 1.165) is 11.4 Å². The third-order valence-corrected chi connectivity index (χ3v) is 2.73. The molecule has 1 aromatic rings. The van der Waals surface area contributed by atoms with Crippen LogP contribution in [0.5, 0.6) is 5.75 Å². The zero-order chi connectivity index (χ0) is 12.3. The molecule has 0 aliphatic carbocycles. The van der Waals surface area contributed by atoms with E-state index in [-0.39, 0.29) is 6.04 Å². The van der Waals surface area contributed by atoms with Gasteiger partial charge in [-0.25, -0.2) is 0 Å². The van der Waals surface area contributed by atoms with Gasteiger partial charge in [-0.05, 0) is 26.0 Å². The lowest BCUT2D eigenvalue weighted by molar-refractivity contribution is -0.247. The minimum atomic E-state index is -0.473. The van der Waals surface area contributed by atoms with Crippen LogP contribution in [0.4, 0.5) is 5.69 Å². The molecule has 0 radical (unpaired) electrons. The van der Waals surface area contributed by atoms with Crippen LogP contribution in [0.2, 0.25) is 0 Å². The van der Waals surface area contributed by atoms with Crippen LogP contribution in [0.25, 0.3) is 0 Å². The van der Waals surface area contributed by atoms with Crippen molar-refractivity contribution in [3.05, 3.63) is 24.3 Å². The van der Waals surface area contributed by atoms with Crippen LogP contribution in [-0.2, 0) is 9.47 Å². The first kappa shape index (κ1) is 12.2. The highest BCUT2D eigenvalue weighted by Gasteiger charge is 2.28. The molecule has 0 atom stereocenters. The predicted molar refractivity (Wildman–Crippen MR) is 66.4 cm³/mol. The molecule has 1 aliphatic heterocycles. The second-order valence-electron chi connectivity index (χ2n) is 4.56. The number of anilines is 1. The highest BCUT2D eigenvalue weighted by molar-refractivity contribution is 5.56. The first-order chi connectivity index (χ1) is 8.11. The van der Waals surface area contributed by atoms with Gasteiger partial charge in [-0.1, -0.05) is 12.1 Å². The lowest BCUT2D eigenvalue weighted by Crippen LogP contribution is -2.45. The van der Waals surface area contributed by atoms with Gasteiger partial charge in [0.2, 0.25) is 0 Å². The molecule has 0 amide bonds. The molecule has 4 heteroatoms. The van der Waals surface area contributed by atoms with Crippen molar-refractivity contribution < 1.29 is 14.2 Å². The molecular formula is C13H19NO3. The molecule has 0 saturated carbocycles. The van der Waals surface area contributed by atoms with Gasteiger partial charge in [-0.3, -0.25) is 0 Å². The standard InChI is InChI=1S/C13H19NO3/c1-13(2)16-8-10(9-17-13)14-11-6-4-5-7-12(11)15-3/h4-7,10,14H,8-9H2,1-3H3. The predicted octanol–water partition coefficient (Wildman–Crippen LogP) is 2.26. The number of methoxy groups -OCH3 is 1. The smallest absolute Gasteiger partial charge is 0.162 e.